The lowest BCUT2D eigenvalue weighted by Crippen LogP contribution is -2.39. The zero-order valence-corrected chi connectivity index (χ0v) is 16.5. The number of amides is 2. The Balaban J connectivity index is 1.50. The molecule has 0 saturated carbocycles. The van der Waals surface area contributed by atoms with Crippen molar-refractivity contribution in [1.82, 2.24) is 10.2 Å². The summed E-state index contributed by atoms with van der Waals surface area (Å²) >= 11 is 0. The van der Waals surface area contributed by atoms with Crippen LogP contribution in [0, 0.1) is 5.82 Å². The molecule has 2 amide bonds. The fourth-order valence-corrected chi connectivity index (χ4v) is 3.16. The molecule has 0 fully saturated rings. The molecule has 6 heteroatoms. The minimum atomic E-state index is -0.418. The molecule has 0 spiro atoms. The van der Waals surface area contributed by atoms with Gasteiger partial charge < -0.3 is 10.6 Å². The number of halogens is 1. The Labute approximate surface area is 169 Å². The summed E-state index contributed by atoms with van der Waals surface area (Å²) in [6.45, 7) is 2.03. The van der Waals surface area contributed by atoms with Gasteiger partial charge in [-0.3, -0.25) is 14.5 Å². The highest BCUT2D eigenvalue weighted by atomic mass is 19.1. The van der Waals surface area contributed by atoms with E-state index in [2.05, 4.69) is 16.7 Å². The summed E-state index contributed by atoms with van der Waals surface area (Å²) in [5, 5.41) is 7.85. The van der Waals surface area contributed by atoms with Gasteiger partial charge in [-0.1, -0.05) is 42.5 Å². The van der Waals surface area contributed by atoms with Gasteiger partial charge in [-0.05, 0) is 54.6 Å². The van der Waals surface area contributed by atoms with Crippen molar-refractivity contribution in [2.24, 2.45) is 0 Å². The van der Waals surface area contributed by atoms with Crippen LogP contribution < -0.4 is 10.6 Å². The second-order valence-corrected chi connectivity index (χ2v) is 7.13. The Morgan fingerprint density at radius 1 is 0.931 bits per heavy atom. The van der Waals surface area contributed by atoms with E-state index in [-0.39, 0.29) is 30.9 Å². The lowest BCUT2D eigenvalue weighted by Gasteiger charge is -2.19. The van der Waals surface area contributed by atoms with Gasteiger partial charge in [0.05, 0.1) is 19.1 Å². The standard InChI is InChI=1S/C23H24FN3O2/c1-16(18-11-10-17-6-3-4-7-19(17)12-18)25-22(28)14-27(2)15-23(29)26-21-9-5-8-20(24)13-21/h3-13,16H,14-15H2,1-2H3,(H,25,28)(H,26,29)/t16-/m0/s1. The quantitative estimate of drug-likeness (QED) is 0.643. The van der Waals surface area contributed by atoms with Crippen molar-refractivity contribution in [2.45, 2.75) is 13.0 Å². The predicted molar refractivity (Wildman–Crippen MR) is 113 cm³/mol. The average Bonchev–Trinajstić information content (AvgIpc) is 2.67. The van der Waals surface area contributed by atoms with E-state index in [1.54, 1.807) is 18.0 Å². The first-order valence-corrected chi connectivity index (χ1v) is 9.43. The largest absolute Gasteiger partial charge is 0.348 e. The topological polar surface area (TPSA) is 61.4 Å². The number of hydrogen-bond donors (Lipinski definition) is 2. The van der Waals surface area contributed by atoms with E-state index in [4.69, 9.17) is 0 Å². The van der Waals surface area contributed by atoms with E-state index in [1.807, 2.05) is 43.3 Å². The van der Waals surface area contributed by atoms with Crippen molar-refractivity contribution < 1.29 is 14.0 Å². The van der Waals surface area contributed by atoms with Gasteiger partial charge in [0.25, 0.3) is 0 Å². The highest BCUT2D eigenvalue weighted by Crippen LogP contribution is 2.20. The number of nitrogens with zero attached hydrogens (tertiary/aromatic N) is 1. The van der Waals surface area contributed by atoms with Crippen molar-refractivity contribution in [3.05, 3.63) is 78.1 Å². The van der Waals surface area contributed by atoms with Crippen LogP contribution in [0.15, 0.2) is 66.7 Å². The molecular weight excluding hydrogens is 369 g/mol. The van der Waals surface area contributed by atoms with E-state index >= 15 is 0 Å². The van der Waals surface area contributed by atoms with Gasteiger partial charge in [0.2, 0.25) is 11.8 Å². The molecular formula is C23H24FN3O2. The fraction of sp³-hybridized carbons (Fsp3) is 0.217. The predicted octanol–water partition coefficient (Wildman–Crippen LogP) is 3.73. The second kappa shape index (κ2) is 9.30. The minimum Gasteiger partial charge on any atom is -0.348 e. The maximum atomic E-state index is 13.2. The molecule has 5 nitrogen and oxygen atoms in total. The van der Waals surface area contributed by atoms with Gasteiger partial charge in [0.15, 0.2) is 0 Å². The van der Waals surface area contributed by atoms with Crippen molar-refractivity contribution >= 4 is 28.3 Å². The summed E-state index contributed by atoms with van der Waals surface area (Å²) in [6, 6.07) is 19.7. The molecule has 0 radical (unpaired) electrons. The zero-order chi connectivity index (χ0) is 20.8. The third kappa shape index (κ3) is 5.86. The van der Waals surface area contributed by atoms with Crippen LogP contribution in [0.2, 0.25) is 0 Å². The second-order valence-electron chi connectivity index (χ2n) is 7.13. The number of carbonyl (C=O) groups is 2. The van der Waals surface area contributed by atoms with Crippen molar-refractivity contribution in [3.8, 4) is 0 Å². The smallest absolute Gasteiger partial charge is 0.238 e. The third-order valence-electron chi connectivity index (χ3n) is 4.59. The lowest BCUT2D eigenvalue weighted by atomic mass is 10.0. The molecule has 150 valence electrons. The number of nitrogens with one attached hydrogen (secondary N) is 2. The lowest BCUT2D eigenvalue weighted by molar-refractivity contribution is -0.123. The minimum absolute atomic E-state index is 0.0221. The summed E-state index contributed by atoms with van der Waals surface area (Å²) in [5.41, 5.74) is 1.40. The first kappa shape index (κ1) is 20.5. The molecule has 0 aliphatic carbocycles. The molecule has 3 aromatic carbocycles. The Kier molecular flexibility index (Phi) is 6.57. The van der Waals surface area contributed by atoms with Crippen LogP contribution in [0.4, 0.5) is 10.1 Å². The van der Waals surface area contributed by atoms with Crippen LogP contribution in [-0.4, -0.2) is 36.9 Å². The van der Waals surface area contributed by atoms with Crippen LogP contribution in [0.1, 0.15) is 18.5 Å². The first-order chi connectivity index (χ1) is 13.9. The van der Waals surface area contributed by atoms with Crippen molar-refractivity contribution in [2.75, 3.05) is 25.5 Å². The summed E-state index contributed by atoms with van der Waals surface area (Å²) in [4.78, 5) is 26.0. The van der Waals surface area contributed by atoms with Crippen LogP contribution in [0.3, 0.4) is 0 Å². The number of anilines is 1. The maximum absolute atomic E-state index is 13.2. The molecule has 0 bridgehead atoms. The summed E-state index contributed by atoms with van der Waals surface area (Å²) in [6.07, 6.45) is 0. The van der Waals surface area contributed by atoms with Crippen LogP contribution in [0.25, 0.3) is 10.8 Å². The highest BCUT2D eigenvalue weighted by molar-refractivity contribution is 5.92. The molecule has 0 heterocycles. The molecule has 3 rings (SSSR count). The van der Waals surface area contributed by atoms with Gasteiger partial charge in [0, 0.05) is 5.69 Å². The Bertz CT molecular complexity index is 1020. The van der Waals surface area contributed by atoms with Crippen LogP contribution in [0.5, 0.6) is 0 Å². The summed E-state index contributed by atoms with van der Waals surface area (Å²) < 4.78 is 13.2. The Morgan fingerprint density at radius 3 is 2.41 bits per heavy atom. The summed E-state index contributed by atoms with van der Waals surface area (Å²) in [7, 11) is 1.69. The fourth-order valence-electron chi connectivity index (χ4n) is 3.16. The van der Waals surface area contributed by atoms with E-state index in [0.717, 1.165) is 16.3 Å². The number of rotatable bonds is 7. The molecule has 0 unspecified atom stereocenters. The van der Waals surface area contributed by atoms with Crippen LogP contribution >= 0.6 is 0 Å². The van der Waals surface area contributed by atoms with Crippen molar-refractivity contribution in [3.63, 3.8) is 0 Å². The average molecular weight is 393 g/mol. The molecule has 3 aromatic rings. The number of carbonyl (C=O) groups excluding carboxylic acids is 2. The van der Waals surface area contributed by atoms with E-state index in [1.165, 1.54) is 18.2 Å². The molecule has 1 atom stereocenters. The zero-order valence-electron chi connectivity index (χ0n) is 16.5. The van der Waals surface area contributed by atoms with E-state index in [0.29, 0.717) is 5.69 Å². The van der Waals surface area contributed by atoms with E-state index in [9.17, 15) is 14.0 Å². The number of benzene rings is 3. The van der Waals surface area contributed by atoms with Gasteiger partial charge in [-0.25, -0.2) is 4.39 Å². The number of hydrogen-bond acceptors (Lipinski definition) is 3. The summed E-state index contributed by atoms with van der Waals surface area (Å²) in [5.74, 6) is -0.904. The molecule has 0 saturated heterocycles. The molecule has 29 heavy (non-hydrogen) atoms. The SMILES string of the molecule is C[C@H](NC(=O)CN(C)CC(=O)Nc1cccc(F)c1)c1ccc2ccccc2c1. The number of likely N-dealkylation sites (N-methyl/N-ethyl adjacent to an activating group) is 1. The molecule has 2 N–H and O–H groups in total. The van der Waals surface area contributed by atoms with E-state index < -0.39 is 5.82 Å². The molecule has 0 aliphatic heterocycles. The molecule has 0 aromatic heterocycles. The highest BCUT2D eigenvalue weighted by Gasteiger charge is 2.14. The molecule has 0 aliphatic rings. The Morgan fingerprint density at radius 2 is 1.66 bits per heavy atom. The van der Waals surface area contributed by atoms with Gasteiger partial charge in [-0.2, -0.15) is 0 Å². The monoisotopic (exact) mass is 393 g/mol. The van der Waals surface area contributed by atoms with Crippen LogP contribution in [-0.2, 0) is 9.59 Å². The van der Waals surface area contributed by atoms with Crippen molar-refractivity contribution in [1.29, 1.82) is 0 Å². The number of fused-ring (bicyclic) bond motifs is 1. The third-order valence-corrected chi connectivity index (χ3v) is 4.59. The van der Waals surface area contributed by atoms with Gasteiger partial charge in [0.1, 0.15) is 5.82 Å². The first-order valence-electron chi connectivity index (χ1n) is 9.43. The normalized spacial score (nSPS) is 12.0. The maximum Gasteiger partial charge on any atom is 0.238 e. The Hall–Kier alpha value is -3.25. The van der Waals surface area contributed by atoms with Gasteiger partial charge in [-0.15, -0.1) is 0 Å². The van der Waals surface area contributed by atoms with Gasteiger partial charge >= 0.3 is 0 Å².